The van der Waals surface area contributed by atoms with Gasteiger partial charge in [0, 0.05) is 18.8 Å². The van der Waals surface area contributed by atoms with Gasteiger partial charge < -0.3 is 4.90 Å². The number of nitrogens with zero attached hydrogens (tertiary/aromatic N) is 4. The first-order chi connectivity index (χ1) is 15.0. The molecule has 170 valence electrons. The molecule has 32 heavy (non-hydrogen) atoms. The summed E-state index contributed by atoms with van der Waals surface area (Å²) in [4.78, 5) is 3.54. The molecular weight excluding hydrogens is 450 g/mol. The third kappa shape index (κ3) is 3.95. The molecule has 4 rings (SSSR count). The minimum atomic E-state index is -4.79. The van der Waals surface area contributed by atoms with Crippen LogP contribution in [0.1, 0.15) is 12.5 Å². The van der Waals surface area contributed by atoms with E-state index in [0.717, 1.165) is 12.1 Å². The van der Waals surface area contributed by atoms with Crippen LogP contribution in [-0.4, -0.2) is 47.7 Å². The third-order valence-electron chi connectivity index (χ3n) is 5.38. The number of piperazine rings is 1. The molecule has 2 aromatic carbocycles. The van der Waals surface area contributed by atoms with Gasteiger partial charge in [-0.05, 0) is 43.3 Å². The standard InChI is InChI=1S/C20H19F4N5O2S/c1-19(32(30,31)16-4-2-3-15(10-16)29-13-25-12-27-29)11-28(8-7-26-19)18-6-5-14(21)9-17(18)20(22,23)24/h2-6,9-10,12-13,26H,7-8,11H2,1H3/t19-/m1/s1. The quantitative estimate of drug-likeness (QED) is 0.592. The maximum Gasteiger partial charge on any atom is 0.418 e. The molecule has 0 amide bonds. The van der Waals surface area contributed by atoms with E-state index >= 15 is 0 Å². The van der Waals surface area contributed by atoms with Gasteiger partial charge in [-0.3, -0.25) is 5.32 Å². The van der Waals surface area contributed by atoms with Gasteiger partial charge in [0.15, 0.2) is 9.84 Å². The van der Waals surface area contributed by atoms with Crippen molar-refractivity contribution in [2.24, 2.45) is 0 Å². The Morgan fingerprint density at radius 3 is 2.62 bits per heavy atom. The van der Waals surface area contributed by atoms with Crippen molar-refractivity contribution in [3.63, 3.8) is 0 Å². The van der Waals surface area contributed by atoms with Crippen molar-refractivity contribution >= 4 is 15.5 Å². The van der Waals surface area contributed by atoms with Gasteiger partial charge >= 0.3 is 6.18 Å². The highest BCUT2D eigenvalue weighted by Gasteiger charge is 2.45. The molecule has 1 aliphatic rings. The van der Waals surface area contributed by atoms with E-state index in [4.69, 9.17) is 0 Å². The number of hydrogen-bond acceptors (Lipinski definition) is 6. The first kappa shape index (κ1) is 22.2. The fourth-order valence-corrected chi connectivity index (χ4v) is 5.42. The predicted molar refractivity (Wildman–Crippen MR) is 109 cm³/mol. The monoisotopic (exact) mass is 469 g/mol. The van der Waals surface area contributed by atoms with Crippen LogP contribution in [0.25, 0.3) is 5.69 Å². The van der Waals surface area contributed by atoms with Crippen LogP contribution in [0.3, 0.4) is 0 Å². The van der Waals surface area contributed by atoms with Crippen molar-refractivity contribution in [2.45, 2.75) is 22.9 Å². The SMILES string of the molecule is C[C@@]1(S(=O)(=O)c2cccc(-n3cncn3)c2)CN(c2ccc(F)cc2C(F)(F)F)CCN1. The van der Waals surface area contributed by atoms with Crippen LogP contribution in [0, 0.1) is 5.82 Å². The lowest BCUT2D eigenvalue weighted by Crippen LogP contribution is -2.63. The molecule has 1 atom stereocenters. The van der Waals surface area contributed by atoms with Crippen LogP contribution in [0.15, 0.2) is 60.0 Å². The molecule has 1 saturated heterocycles. The Balaban J connectivity index is 1.70. The Labute approximate surface area is 181 Å². The number of halogens is 4. The minimum absolute atomic E-state index is 0.0162. The molecule has 0 unspecified atom stereocenters. The van der Waals surface area contributed by atoms with E-state index < -0.39 is 32.3 Å². The zero-order chi connectivity index (χ0) is 23.1. The highest BCUT2D eigenvalue weighted by molar-refractivity contribution is 7.92. The van der Waals surface area contributed by atoms with Gasteiger partial charge in [0.05, 0.1) is 22.7 Å². The van der Waals surface area contributed by atoms with Crippen molar-refractivity contribution in [2.75, 3.05) is 24.5 Å². The minimum Gasteiger partial charge on any atom is -0.367 e. The number of rotatable bonds is 4. The van der Waals surface area contributed by atoms with Crippen LogP contribution < -0.4 is 10.2 Å². The van der Waals surface area contributed by atoms with Gasteiger partial charge in [-0.2, -0.15) is 18.3 Å². The molecule has 0 saturated carbocycles. The molecule has 0 spiro atoms. The average Bonchev–Trinajstić information content (AvgIpc) is 3.28. The Kier molecular flexibility index (Phi) is 5.45. The summed E-state index contributed by atoms with van der Waals surface area (Å²) in [5.74, 6) is -1.02. The van der Waals surface area contributed by atoms with E-state index in [1.807, 2.05) is 0 Å². The Morgan fingerprint density at radius 1 is 1.16 bits per heavy atom. The van der Waals surface area contributed by atoms with E-state index in [-0.39, 0.29) is 30.2 Å². The van der Waals surface area contributed by atoms with Gasteiger partial charge in [0.2, 0.25) is 0 Å². The summed E-state index contributed by atoms with van der Waals surface area (Å²) < 4.78 is 82.5. The van der Waals surface area contributed by atoms with E-state index in [9.17, 15) is 26.0 Å². The number of sulfone groups is 1. The molecule has 1 aliphatic heterocycles. The number of alkyl halides is 3. The molecule has 1 aromatic heterocycles. The lowest BCUT2D eigenvalue weighted by molar-refractivity contribution is -0.137. The van der Waals surface area contributed by atoms with E-state index in [0.29, 0.717) is 11.8 Å². The predicted octanol–water partition coefficient (Wildman–Crippen LogP) is 3.02. The number of nitrogens with one attached hydrogen (secondary N) is 1. The molecule has 0 aliphatic carbocycles. The maximum atomic E-state index is 13.5. The Bertz CT molecular complexity index is 1230. The molecule has 7 nitrogen and oxygen atoms in total. The summed E-state index contributed by atoms with van der Waals surface area (Å²) in [6.45, 7) is 1.40. The molecule has 2 heterocycles. The lowest BCUT2D eigenvalue weighted by atomic mass is 10.1. The summed E-state index contributed by atoms with van der Waals surface area (Å²) in [7, 11) is -4.04. The van der Waals surface area contributed by atoms with Crippen LogP contribution >= 0.6 is 0 Å². The average molecular weight is 469 g/mol. The highest BCUT2D eigenvalue weighted by Crippen LogP contribution is 2.39. The summed E-state index contributed by atoms with van der Waals surface area (Å²) >= 11 is 0. The van der Waals surface area contributed by atoms with Crippen molar-refractivity contribution in [3.8, 4) is 5.69 Å². The Hall–Kier alpha value is -2.99. The van der Waals surface area contributed by atoms with Gasteiger partial charge in [-0.25, -0.2) is 22.5 Å². The van der Waals surface area contributed by atoms with Crippen LogP contribution in [-0.2, 0) is 16.0 Å². The number of aromatic nitrogens is 3. The molecule has 1 fully saturated rings. The second kappa shape index (κ2) is 7.85. The van der Waals surface area contributed by atoms with Gasteiger partial charge in [0.1, 0.15) is 23.3 Å². The number of benzene rings is 2. The summed E-state index contributed by atoms with van der Waals surface area (Å²) in [6, 6.07) is 8.43. The lowest BCUT2D eigenvalue weighted by Gasteiger charge is -2.42. The topological polar surface area (TPSA) is 80.1 Å². The fraction of sp³-hybridized carbons (Fsp3) is 0.300. The summed E-state index contributed by atoms with van der Waals surface area (Å²) in [5.41, 5.74) is -0.941. The maximum absolute atomic E-state index is 13.5. The van der Waals surface area contributed by atoms with Crippen LogP contribution in [0.2, 0.25) is 0 Å². The van der Waals surface area contributed by atoms with Gasteiger partial charge in [-0.15, -0.1) is 0 Å². The second-order valence-electron chi connectivity index (χ2n) is 7.58. The molecule has 3 aromatic rings. The van der Waals surface area contributed by atoms with Crippen molar-refractivity contribution < 1.29 is 26.0 Å². The Morgan fingerprint density at radius 2 is 1.94 bits per heavy atom. The van der Waals surface area contributed by atoms with Crippen molar-refractivity contribution in [1.82, 2.24) is 20.1 Å². The van der Waals surface area contributed by atoms with Gasteiger partial charge in [0.25, 0.3) is 0 Å². The second-order valence-corrected chi connectivity index (χ2v) is 9.96. The summed E-state index contributed by atoms with van der Waals surface area (Å²) in [5, 5.41) is 6.92. The summed E-state index contributed by atoms with van der Waals surface area (Å²) in [6.07, 6.45) is -2.06. The zero-order valence-electron chi connectivity index (χ0n) is 16.8. The molecule has 0 radical (unpaired) electrons. The molecule has 0 bridgehead atoms. The van der Waals surface area contributed by atoms with Crippen molar-refractivity contribution in [3.05, 3.63) is 66.5 Å². The van der Waals surface area contributed by atoms with Crippen LogP contribution in [0.5, 0.6) is 0 Å². The van der Waals surface area contributed by atoms with Crippen molar-refractivity contribution in [1.29, 1.82) is 0 Å². The molecule has 1 N–H and O–H groups in total. The first-order valence-electron chi connectivity index (χ1n) is 9.58. The zero-order valence-corrected chi connectivity index (χ0v) is 17.7. The molecule has 12 heteroatoms. The fourth-order valence-electron chi connectivity index (χ4n) is 3.75. The van der Waals surface area contributed by atoms with E-state index in [1.165, 1.54) is 41.3 Å². The van der Waals surface area contributed by atoms with Crippen LogP contribution in [0.4, 0.5) is 23.2 Å². The smallest absolute Gasteiger partial charge is 0.367 e. The van der Waals surface area contributed by atoms with E-state index in [2.05, 4.69) is 15.4 Å². The molecular formula is C20H19F4N5O2S. The number of anilines is 1. The normalized spacial score (nSPS) is 19.8. The third-order valence-corrected chi connectivity index (χ3v) is 7.72. The van der Waals surface area contributed by atoms with Gasteiger partial charge in [-0.1, -0.05) is 6.07 Å². The largest absolute Gasteiger partial charge is 0.418 e. The highest BCUT2D eigenvalue weighted by atomic mass is 32.2. The first-order valence-corrected chi connectivity index (χ1v) is 11.1. The number of hydrogen-bond donors (Lipinski definition) is 1. The van der Waals surface area contributed by atoms with E-state index in [1.54, 1.807) is 12.1 Å².